The number of ketones is 1. The van der Waals surface area contributed by atoms with Crippen LogP contribution in [-0.4, -0.2) is 29.6 Å². The van der Waals surface area contributed by atoms with E-state index in [0.717, 1.165) is 24.8 Å². The Bertz CT molecular complexity index is 794. The molecule has 4 aliphatic rings. The Morgan fingerprint density at radius 3 is 2.72 bits per heavy atom. The smallest absolute Gasteiger partial charge is 0.364 e. The summed E-state index contributed by atoms with van der Waals surface area (Å²) < 4.78 is 35.4. The lowest BCUT2D eigenvalue weighted by molar-refractivity contribution is -0.146. The maximum Gasteiger partial charge on any atom is 0.400 e. The highest BCUT2D eigenvalue weighted by atomic mass is 32.3. The van der Waals surface area contributed by atoms with Gasteiger partial charge in [-0.05, 0) is 38.0 Å². The molecule has 0 heterocycles. The first-order valence-electron chi connectivity index (χ1n) is 8.96. The van der Waals surface area contributed by atoms with Crippen LogP contribution in [0.25, 0.3) is 0 Å². The van der Waals surface area contributed by atoms with Crippen LogP contribution in [0.5, 0.6) is 0 Å². The average molecular weight is 368 g/mol. The molecule has 2 saturated carbocycles. The third-order valence-electron chi connectivity index (χ3n) is 6.82. The SMILES string of the molecule is C[C@]12CC[C@H]3C(=CCC4=C3CC[C@@](O)(OS(=O)(=O)O)C4)[C@@H]1CCC2=O. The van der Waals surface area contributed by atoms with E-state index in [9.17, 15) is 18.3 Å². The van der Waals surface area contributed by atoms with Gasteiger partial charge in [0.1, 0.15) is 5.78 Å². The van der Waals surface area contributed by atoms with E-state index in [0.29, 0.717) is 36.9 Å². The Balaban J connectivity index is 1.60. The summed E-state index contributed by atoms with van der Waals surface area (Å²) in [4.78, 5) is 12.3. The number of rotatable bonds is 2. The summed E-state index contributed by atoms with van der Waals surface area (Å²) in [5, 5.41) is 10.4. The van der Waals surface area contributed by atoms with Crippen LogP contribution in [0.15, 0.2) is 22.8 Å². The van der Waals surface area contributed by atoms with Crippen LogP contribution >= 0.6 is 0 Å². The van der Waals surface area contributed by atoms with Crippen molar-refractivity contribution in [2.24, 2.45) is 17.3 Å². The van der Waals surface area contributed by atoms with E-state index in [1.54, 1.807) is 0 Å². The number of aliphatic hydroxyl groups is 1. The molecule has 4 rings (SSSR count). The minimum atomic E-state index is -4.69. The summed E-state index contributed by atoms with van der Waals surface area (Å²) in [6.45, 7) is 2.10. The molecule has 0 unspecified atom stereocenters. The highest BCUT2D eigenvalue weighted by molar-refractivity contribution is 7.80. The molecule has 7 heteroatoms. The third kappa shape index (κ3) is 2.81. The first-order valence-corrected chi connectivity index (χ1v) is 10.3. The zero-order valence-electron chi connectivity index (χ0n) is 14.3. The molecule has 0 aromatic heterocycles. The van der Waals surface area contributed by atoms with Crippen LogP contribution in [0.2, 0.25) is 0 Å². The normalized spacial score (nSPS) is 41.1. The molecule has 2 fully saturated rings. The van der Waals surface area contributed by atoms with Crippen molar-refractivity contribution in [3.8, 4) is 0 Å². The monoisotopic (exact) mass is 368 g/mol. The number of hydrogen-bond acceptors (Lipinski definition) is 5. The lowest BCUT2D eigenvalue weighted by Crippen LogP contribution is -2.42. The molecule has 0 saturated heterocycles. The Morgan fingerprint density at radius 1 is 1.24 bits per heavy atom. The number of carbonyl (C=O) groups excluding carboxylic acids is 1. The summed E-state index contributed by atoms with van der Waals surface area (Å²) >= 11 is 0. The van der Waals surface area contributed by atoms with Gasteiger partial charge in [0.2, 0.25) is 0 Å². The van der Waals surface area contributed by atoms with E-state index in [1.807, 2.05) is 0 Å². The summed E-state index contributed by atoms with van der Waals surface area (Å²) in [7, 11) is -4.69. The molecule has 4 atom stereocenters. The molecule has 4 aliphatic carbocycles. The molecule has 138 valence electrons. The summed E-state index contributed by atoms with van der Waals surface area (Å²) in [6.07, 6.45) is 7.06. The first kappa shape index (κ1) is 17.4. The van der Waals surface area contributed by atoms with Gasteiger partial charge in [0, 0.05) is 30.6 Å². The molecule has 0 spiro atoms. The Kier molecular flexibility index (Phi) is 3.82. The quantitative estimate of drug-likeness (QED) is 0.441. The van der Waals surface area contributed by atoms with Crippen LogP contribution in [0.1, 0.15) is 58.3 Å². The molecule has 0 aromatic rings. The highest BCUT2D eigenvalue weighted by Gasteiger charge is 2.53. The van der Waals surface area contributed by atoms with Crippen molar-refractivity contribution in [3.63, 3.8) is 0 Å². The van der Waals surface area contributed by atoms with Gasteiger partial charge in [-0.15, -0.1) is 0 Å². The topological polar surface area (TPSA) is 101 Å². The van der Waals surface area contributed by atoms with E-state index in [4.69, 9.17) is 4.55 Å². The minimum absolute atomic E-state index is 0.100. The molecule has 0 bridgehead atoms. The van der Waals surface area contributed by atoms with Crippen molar-refractivity contribution in [1.29, 1.82) is 0 Å². The van der Waals surface area contributed by atoms with Gasteiger partial charge in [-0.25, -0.2) is 4.18 Å². The molecular formula is C18H24O6S. The summed E-state index contributed by atoms with van der Waals surface area (Å²) in [6, 6.07) is 0. The number of Topliss-reactive ketones (excluding diaryl/α,β-unsaturated/α-hetero) is 1. The Labute approximate surface area is 147 Å². The van der Waals surface area contributed by atoms with E-state index in [1.165, 1.54) is 11.1 Å². The van der Waals surface area contributed by atoms with Crippen molar-refractivity contribution in [2.75, 3.05) is 0 Å². The van der Waals surface area contributed by atoms with Gasteiger partial charge >= 0.3 is 10.4 Å². The largest absolute Gasteiger partial charge is 0.400 e. The maximum atomic E-state index is 12.3. The molecule has 6 nitrogen and oxygen atoms in total. The highest BCUT2D eigenvalue weighted by Crippen LogP contribution is 2.58. The molecule has 2 N–H and O–H groups in total. The van der Waals surface area contributed by atoms with Crippen molar-refractivity contribution in [2.45, 2.75) is 64.1 Å². The number of fused-ring (bicyclic) bond motifs is 4. The minimum Gasteiger partial charge on any atom is -0.364 e. The fraction of sp³-hybridized carbons (Fsp3) is 0.722. The molecule has 0 amide bonds. The van der Waals surface area contributed by atoms with Crippen LogP contribution in [0.4, 0.5) is 0 Å². The van der Waals surface area contributed by atoms with Crippen molar-refractivity contribution < 1.29 is 27.1 Å². The van der Waals surface area contributed by atoms with Gasteiger partial charge in [0.25, 0.3) is 0 Å². The van der Waals surface area contributed by atoms with Crippen LogP contribution < -0.4 is 0 Å². The molecule has 0 aromatic carbocycles. The van der Waals surface area contributed by atoms with Crippen molar-refractivity contribution in [3.05, 3.63) is 22.8 Å². The second-order valence-electron chi connectivity index (χ2n) is 8.19. The molecular weight excluding hydrogens is 344 g/mol. The number of carbonyl (C=O) groups is 1. The van der Waals surface area contributed by atoms with Gasteiger partial charge < -0.3 is 5.11 Å². The predicted octanol–water partition coefficient (Wildman–Crippen LogP) is 2.70. The van der Waals surface area contributed by atoms with E-state index in [-0.39, 0.29) is 18.3 Å². The van der Waals surface area contributed by atoms with Crippen LogP contribution in [0, 0.1) is 17.3 Å². The zero-order chi connectivity index (χ0) is 18.0. The number of hydrogen-bond donors (Lipinski definition) is 2. The summed E-state index contributed by atoms with van der Waals surface area (Å²) in [5.74, 6) is -0.841. The molecule has 0 radical (unpaired) electrons. The van der Waals surface area contributed by atoms with Gasteiger partial charge in [-0.1, -0.05) is 29.7 Å². The Morgan fingerprint density at radius 2 is 2.00 bits per heavy atom. The van der Waals surface area contributed by atoms with Crippen molar-refractivity contribution >= 4 is 16.2 Å². The van der Waals surface area contributed by atoms with Gasteiger partial charge in [0.05, 0.1) is 0 Å². The second kappa shape index (κ2) is 5.49. The third-order valence-corrected chi connectivity index (χ3v) is 7.34. The fourth-order valence-electron chi connectivity index (χ4n) is 5.61. The first-order chi connectivity index (χ1) is 11.6. The summed E-state index contributed by atoms with van der Waals surface area (Å²) in [5.41, 5.74) is 3.45. The fourth-order valence-corrected chi connectivity index (χ4v) is 6.14. The average Bonchev–Trinajstić information content (AvgIpc) is 2.80. The molecule has 0 aliphatic heterocycles. The Hall–Kier alpha value is -1.02. The second-order valence-corrected chi connectivity index (χ2v) is 9.22. The van der Waals surface area contributed by atoms with Crippen LogP contribution in [-0.2, 0) is 19.4 Å². The van der Waals surface area contributed by atoms with E-state index < -0.39 is 16.2 Å². The van der Waals surface area contributed by atoms with E-state index >= 15 is 0 Å². The molecule has 25 heavy (non-hydrogen) atoms. The lowest BCUT2D eigenvalue weighted by atomic mass is 9.58. The standard InChI is InChI=1S/C18H24O6S/c1-17-8-6-13-12-7-9-18(20,24-25(21,22)23)10-11(12)2-3-14(13)15(17)4-5-16(17)19/h3,13,15,20H,2,4-10H2,1H3,(H,21,22,23)/t13-,15+,17+,18-/m1/s1. The number of allylic oxidation sites excluding steroid dienone is 3. The van der Waals surface area contributed by atoms with Gasteiger partial charge in [-0.2, -0.15) is 8.42 Å². The van der Waals surface area contributed by atoms with Gasteiger partial charge in [0.15, 0.2) is 5.79 Å². The van der Waals surface area contributed by atoms with Gasteiger partial charge in [-0.3, -0.25) is 9.35 Å². The zero-order valence-corrected chi connectivity index (χ0v) is 15.1. The predicted molar refractivity (Wildman–Crippen MR) is 89.7 cm³/mol. The van der Waals surface area contributed by atoms with E-state index in [2.05, 4.69) is 17.2 Å². The van der Waals surface area contributed by atoms with Crippen molar-refractivity contribution in [1.82, 2.24) is 0 Å². The maximum absolute atomic E-state index is 12.3. The van der Waals surface area contributed by atoms with Crippen LogP contribution in [0.3, 0.4) is 0 Å². The lowest BCUT2D eigenvalue weighted by Gasteiger charge is -2.46.